The summed E-state index contributed by atoms with van der Waals surface area (Å²) in [4.78, 5) is 24.8. The van der Waals surface area contributed by atoms with Gasteiger partial charge in [0, 0.05) is 32.1 Å². The molecule has 0 atom stereocenters. The molecule has 2 rings (SSSR count). The third-order valence-electron chi connectivity index (χ3n) is 3.96. The summed E-state index contributed by atoms with van der Waals surface area (Å²) in [6, 6.07) is 11.4. The number of amides is 1. The predicted octanol–water partition coefficient (Wildman–Crippen LogP) is 2.36. The van der Waals surface area contributed by atoms with Gasteiger partial charge in [0.05, 0.1) is 4.90 Å². The molecule has 1 amide bonds. The lowest BCUT2D eigenvalue weighted by Crippen LogP contribution is -2.32. The van der Waals surface area contributed by atoms with E-state index in [-0.39, 0.29) is 35.4 Å². The van der Waals surface area contributed by atoms with Crippen LogP contribution in [0.15, 0.2) is 53.4 Å². The molecule has 0 aliphatic carbocycles. The number of nitrogens with one attached hydrogen (secondary N) is 1. The summed E-state index contributed by atoms with van der Waals surface area (Å²) in [6.07, 6.45) is -0.0115. The topological polar surface area (TPSA) is 83.5 Å². The van der Waals surface area contributed by atoms with Gasteiger partial charge >= 0.3 is 0 Å². The molecule has 0 spiro atoms. The number of rotatable bonds is 8. The Bertz CT molecular complexity index is 910. The SMILES string of the molecule is CC(=O)c1ccc(S(=O)(=O)NCCC(=O)N(C)Cc2ccc(F)cc2)cc1. The van der Waals surface area contributed by atoms with Gasteiger partial charge in [-0.05, 0) is 36.8 Å². The highest BCUT2D eigenvalue weighted by molar-refractivity contribution is 7.89. The summed E-state index contributed by atoms with van der Waals surface area (Å²) < 4.78 is 39.7. The Morgan fingerprint density at radius 2 is 1.63 bits per heavy atom. The van der Waals surface area contributed by atoms with Crippen LogP contribution >= 0.6 is 0 Å². The van der Waals surface area contributed by atoms with E-state index in [2.05, 4.69) is 4.72 Å². The van der Waals surface area contributed by atoms with E-state index in [1.54, 1.807) is 19.2 Å². The Morgan fingerprint density at radius 3 is 2.19 bits per heavy atom. The highest BCUT2D eigenvalue weighted by Crippen LogP contribution is 2.11. The van der Waals surface area contributed by atoms with Gasteiger partial charge in [-0.25, -0.2) is 17.5 Å². The molecule has 0 heterocycles. The number of hydrogen-bond donors (Lipinski definition) is 1. The minimum atomic E-state index is -3.76. The van der Waals surface area contributed by atoms with E-state index in [0.717, 1.165) is 5.56 Å². The average molecular weight is 392 g/mol. The second kappa shape index (κ2) is 8.88. The van der Waals surface area contributed by atoms with Crippen molar-refractivity contribution in [3.8, 4) is 0 Å². The fourth-order valence-corrected chi connectivity index (χ4v) is 3.42. The summed E-state index contributed by atoms with van der Waals surface area (Å²) in [5.41, 5.74) is 1.20. The molecule has 2 aromatic carbocycles. The van der Waals surface area contributed by atoms with Crippen LogP contribution in [-0.4, -0.2) is 38.6 Å². The molecule has 8 heteroatoms. The van der Waals surface area contributed by atoms with Crippen molar-refractivity contribution in [1.29, 1.82) is 0 Å². The smallest absolute Gasteiger partial charge is 0.240 e. The monoisotopic (exact) mass is 392 g/mol. The third kappa shape index (κ3) is 5.97. The first-order chi connectivity index (χ1) is 12.7. The molecule has 0 radical (unpaired) electrons. The maximum atomic E-state index is 12.9. The van der Waals surface area contributed by atoms with Crippen LogP contribution in [0.2, 0.25) is 0 Å². The average Bonchev–Trinajstić information content (AvgIpc) is 2.63. The van der Waals surface area contributed by atoms with Crippen molar-refractivity contribution in [1.82, 2.24) is 9.62 Å². The Labute approximate surface area is 158 Å². The number of benzene rings is 2. The van der Waals surface area contributed by atoms with Gasteiger partial charge in [0.2, 0.25) is 15.9 Å². The van der Waals surface area contributed by atoms with Crippen molar-refractivity contribution in [2.75, 3.05) is 13.6 Å². The molecule has 1 N–H and O–H groups in total. The maximum Gasteiger partial charge on any atom is 0.240 e. The molecular formula is C19H21FN2O4S. The molecular weight excluding hydrogens is 371 g/mol. The molecule has 6 nitrogen and oxygen atoms in total. The molecule has 0 aromatic heterocycles. The zero-order valence-electron chi connectivity index (χ0n) is 15.1. The Kier molecular flexibility index (Phi) is 6.81. The van der Waals surface area contributed by atoms with Crippen molar-refractivity contribution in [2.45, 2.75) is 24.8 Å². The van der Waals surface area contributed by atoms with E-state index < -0.39 is 10.0 Å². The zero-order valence-corrected chi connectivity index (χ0v) is 15.9. The number of carbonyl (C=O) groups excluding carboxylic acids is 2. The number of Topliss-reactive ketones (excluding diaryl/α,β-unsaturated/α-hetero) is 1. The maximum absolute atomic E-state index is 12.9. The third-order valence-corrected chi connectivity index (χ3v) is 5.44. The second-order valence-corrected chi connectivity index (χ2v) is 7.87. The van der Waals surface area contributed by atoms with Crippen molar-refractivity contribution >= 4 is 21.7 Å². The number of ketones is 1. The fraction of sp³-hybridized carbons (Fsp3) is 0.263. The Morgan fingerprint density at radius 1 is 1.04 bits per heavy atom. The van der Waals surface area contributed by atoms with Gasteiger partial charge in [-0.1, -0.05) is 24.3 Å². The van der Waals surface area contributed by atoms with Gasteiger partial charge in [-0.3, -0.25) is 9.59 Å². The molecule has 0 aliphatic heterocycles. The van der Waals surface area contributed by atoms with E-state index in [4.69, 9.17) is 0 Å². The van der Waals surface area contributed by atoms with Crippen LogP contribution in [-0.2, 0) is 21.4 Å². The van der Waals surface area contributed by atoms with Crippen molar-refractivity contribution < 1.29 is 22.4 Å². The predicted molar refractivity (Wildman–Crippen MR) is 99.1 cm³/mol. The second-order valence-electron chi connectivity index (χ2n) is 6.10. The molecule has 0 fully saturated rings. The van der Waals surface area contributed by atoms with Gasteiger partial charge in [-0.15, -0.1) is 0 Å². The van der Waals surface area contributed by atoms with Crippen LogP contribution in [0.5, 0.6) is 0 Å². The molecule has 27 heavy (non-hydrogen) atoms. The molecule has 0 saturated heterocycles. The van der Waals surface area contributed by atoms with Gasteiger partial charge in [0.15, 0.2) is 5.78 Å². The summed E-state index contributed by atoms with van der Waals surface area (Å²) >= 11 is 0. The lowest BCUT2D eigenvalue weighted by molar-refractivity contribution is -0.130. The summed E-state index contributed by atoms with van der Waals surface area (Å²) in [5.74, 6) is -0.742. The molecule has 0 aliphatic rings. The molecule has 0 saturated carbocycles. The van der Waals surface area contributed by atoms with Crippen LogP contribution in [0.3, 0.4) is 0 Å². The zero-order chi connectivity index (χ0) is 20.0. The van der Waals surface area contributed by atoms with E-state index in [0.29, 0.717) is 12.1 Å². The quantitative estimate of drug-likeness (QED) is 0.699. The van der Waals surface area contributed by atoms with Crippen LogP contribution in [0.1, 0.15) is 29.3 Å². The molecule has 144 valence electrons. The van der Waals surface area contributed by atoms with Crippen LogP contribution in [0.4, 0.5) is 4.39 Å². The van der Waals surface area contributed by atoms with Gasteiger partial charge in [0.1, 0.15) is 5.82 Å². The number of halogens is 1. The number of carbonyl (C=O) groups is 2. The van der Waals surface area contributed by atoms with Gasteiger partial charge in [0.25, 0.3) is 0 Å². The van der Waals surface area contributed by atoms with E-state index >= 15 is 0 Å². The van der Waals surface area contributed by atoms with Crippen LogP contribution in [0, 0.1) is 5.82 Å². The normalized spacial score (nSPS) is 11.2. The van der Waals surface area contributed by atoms with Crippen molar-refractivity contribution in [2.24, 2.45) is 0 Å². The lowest BCUT2D eigenvalue weighted by atomic mass is 10.2. The number of sulfonamides is 1. The highest BCUT2D eigenvalue weighted by Gasteiger charge is 2.16. The Balaban J connectivity index is 1.87. The summed E-state index contributed by atoms with van der Waals surface area (Å²) in [7, 11) is -2.16. The summed E-state index contributed by atoms with van der Waals surface area (Å²) in [6.45, 7) is 1.65. The standard InChI is InChI=1S/C19H21FN2O4S/c1-14(23)16-5-9-18(10-6-16)27(25,26)21-12-11-19(24)22(2)13-15-3-7-17(20)8-4-15/h3-10,21H,11-13H2,1-2H3. The minimum absolute atomic E-state index is 0.0115. The fourth-order valence-electron chi connectivity index (χ4n) is 2.39. The molecule has 0 unspecified atom stereocenters. The molecule has 2 aromatic rings. The minimum Gasteiger partial charge on any atom is -0.341 e. The van der Waals surface area contributed by atoms with Gasteiger partial charge < -0.3 is 4.90 Å². The van der Waals surface area contributed by atoms with Crippen molar-refractivity contribution in [3.63, 3.8) is 0 Å². The first-order valence-electron chi connectivity index (χ1n) is 8.28. The highest BCUT2D eigenvalue weighted by atomic mass is 32.2. The number of hydrogen-bond acceptors (Lipinski definition) is 4. The summed E-state index contributed by atoms with van der Waals surface area (Å²) in [5, 5.41) is 0. The van der Waals surface area contributed by atoms with Crippen LogP contribution in [0.25, 0.3) is 0 Å². The van der Waals surface area contributed by atoms with E-state index in [1.165, 1.54) is 48.2 Å². The first kappa shape index (κ1) is 20.7. The molecule has 0 bridgehead atoms. The van der Waals surface area contributed by atoms with E-state index in [9.17, 15) is 22.4 Å². The first-order valence-corrected chi connectivity index (χ1v) is 9.76. The number of nitrogens with zero attached hydrogens (tertiary/aromatic N) is 1. The van der Waals surface area contributed by atoms with Crippen LogP contribution < -0.4 is 4.72 Å². The lowest BCUT2D eigenvalue weighted by Gasteiger charge is -2.17. The Hall–Kier alpha value is -2.58. The largest absolute Gasteiger partial charge is 0.341 e. The van der Waals surface area contributed by atoms with E-state index in [1.807, 2.05) is 0 Å². The van der Waals surface area contributed by atoms with Crippen molar-refractivity contribution in [3.05, 3.63) is 65.5 Å². The van der Waals surface area contributed by atoms with Gasteiger partial charge in [-0.2, -0.15) is 0 Å².